The minimum Gasteiger partial charge on any atom is -0.497 e. The molecule has 0 heterocycles. The maximum absolute atomic E-state index is 10.1. The standard InChI is InChI=1S/C22H29NO2/c1-17(24)13-22(19-11-8-12-21(15-19)25-4)20(16-23(2)3)14-18-9-6-5-7-10-18/h5-12,14-15,17,22,24H,13,16H2,1-4H3/b20-14+/t17-,22-/m0/s1. The molecule has 134 valence electrons. The fraction of sp³-hybridized carbons (Fsp3) is 0.364. The molecule has 0 fully saturated rings. The first-order valence-electron chi connectivity index (χ1n) is 8.72. The lowest BCUT2D eigenvalue weighted by molar-refractivity contribution is 0.177. The van der Waals surface area contributed by atoms with Crippen molar-refractivity contribution in [2.24, 2.45) is 0 Å². The lowest BCUT2D eigenvalue weighted by atomic mass is 9.85. The molecule has 25 heavy (non-hydrogen) atoms. The monoisotopic (exact) mass is 339 g/mol. The van der Waals surface area contributed by atoms with E-state index in [4.69, 9.17) is 4.74 Å². The van der Waals surface area contributed by atoms with Crippen molar-refractivity contribution in [1.29, 1.82) is 0 Å². The van der Waals surface area contributed by atoms with Crippen LogP contribution < -0.4 is 4.74 Å². The Hall–Kier alpha value is -2.10. The Labute approximate surface area is 151 Å². The van der Waals surface area contributed by atoms with E-state index in [0.29, 0.717) is 6.42 Å². The van der Waals surface area contributed by atoms with Crippen molar-refractivity contribution in [2.45, 2.75) is 25.4 Å². The average molecular weight is 339 g/mol. The van der Waals surface area contributed by atoms with Crippen molar-refractivity contribution in [3.63, 3.8) is 0 Å². The van der Waals surface area contributed by atoms with Crippen LogP contribution in [0.5, 0.6) is 5.75 Å². The van der Waals surface area contributed by atoms with E-state index in [0.717, 1.165) is 12.3 Å². The van der Waals surface area contributed by atoms with Crippen molar-refractivity contribution >= 4 is 6.08 Å². The predicted octanol–water partition coefficient (Wildman–Crippen LogP) is 4.19. The smallest absolute Gasteiger partial charge is 0.119 e. The highest BCUT2D eigenvalue weighted by atomic mass is 16.5. The van der Waals surface area contributed by atoms with Gasteiger partial charge < -0.3 is 14.7 Å². The van der Waals surface area contributed by atoms with Gasteiger partial charge in [0.15, 0.2) is 0 Å². The molecule has 2 aromatic carbocycles. The van der Waals surface area contributed by atoms with Crippen molar-refractivity contribution in [3.05, 3.63) is 71.3 Å². The van der Waals surface area contributed by atoms with E-state index in [1.54, 1.807) is 7.11 Å². The second kappa shape index (κ2) is 9.40. The Morgan fingerprint density at radius 3 is 2.44 bits per heavy atom. The van der Waals surface area contributed by atoms with Crippen LogP contribution in [0.1, 0.15) is 30.4 Å². The molecule has 2 atom stereocenters. The largest absolute Gasteiger partial charge is 0.497 e. The summed E-state index contributed by atoms with van der Waals surface area (Å²) in [6.07, 6.45) is 2.55. The molecule has 0 saturated heterocycles. The molecule has 1 N–H and O–H groups in total. The van der Waals surface area contributed by atoms with E-state index in [-0.39, 0.29) is 12.0 Å². The molecule has 3 heteroatoms. The lowest BCUT2D eigenvalue weighted by Gasteiger charge is -2.25. The first-order valence-corrected chi connectivity index (χ1v) is 8.72. The zero-order chi connectivity index (χ0) is 18.2. The van der Waals surface area contributed by atoms with Crippen molar-refractivity contribution in [2.75, 3.05) is 27.7 Å². The van der Waals surface area contributed by atoms with Gasteiger partial charge in [-0.25, -0.2) is 0 Å². The molecule has 0 radical (unpaired) electrons. The van der Waals surface area contributed by atoms with Crippen molar-refractivity contribution in [3.8, 4) is 5.75 Å². The lowest BCUT2D eigenvalue weighted by Crippen LogP contribution is -2.21. The van der Waals surface area contributed by atoms with E-state index < -0.39 is 0 Å². The summed E-state index contributed by atoms with van der Waals surface area (Å²) in [5.74, 6) is 0.981. The molecule has 0 saturated carbocycles. The normalized spacial score (nSPS) is 14.4. The summed E-state index contributed by atoms with van der Waals surface area (Å²) in [4.78, 5) is 2.17. The summed E-state index contributed by atoms with van der Waals surface area (Å²) in [5, 5.41) is 10.1. The molecule has 2 aromatic rings. The summed E-state index contributed by atoms with van der Waals surface area (Å²) in [5.41, 5.74) is 3.63. The number of aliphatic hydroxyl groups excluding tert-OH is 1. The quantitative estimate of drug-likeness (QED) is 0.782. The molecule has 0 spiro atoms. The second-order valence-electron chi connectivity index (χ2n) is 6.78. The minimum absolute atomic E-state index is 0.137. The van der Waals surface area contributed by atoms with Crippen molar-refractivity contribution in [1.82, 2.24) is 4.90 Å². The highest BCUT2D eigenvalue weighted by Gasteiger charge is 2.20. The molecule has 0 unspecified atom stereocenters. The van der Waals surface area contributed by atoms with Crippen LogP contribution in [0, 0.1) is 0 Å². The molecular weight excluding hydrogens is 310 g/mol. The van der Waals surface area contributed by atoms with E-state index in [2.05, 4.69) is 49.3 Å². The Morgan fingerprint density at radius 2 is 1.84 bits per heavy atom. The van der Waals surface area contributed by atoms with Crippen LogP contribution in [0.15, 0.2) is 60.2 Å². The summed E-state index contributed by atoms with van der Waals surface area (Å²) in [6, 6.07) is 18.5. The number of likely N-dealkylation sites (N-methyl/N-ethyl adjacent to an activating group) is 1. The van der Waals surface area contributed by atoms with E-state index in [1.807, 2.05) is 37.3 Å². The highest BCUT2D eigenvalue weighted by Crippen LogP contribution is 2.33. The van der Waals surface area contributed by atoms with Gasteiger partial charge in [0.05, 0.1) is 13.2 Å². The van der Waals surface area contributed by atoms with E-state index in [1.165, 1.54) is 16.7 Å². The molecule has 0 aromatic heterocycles. The highest BCUT2D eigenvalue weighted by molar-refractivity contribution is 5.56. The first kappa shape index (κ1) is 19.2. The van der Waals surface area contributed by atoms with Crippen LogP contribution in [-0.2, 0) is 0 Å². The Kier molecular flexibility index (Phi) is 7.23. The van der Waals surface area contributed by atoms with Crippen LogP contribution in [0.4, 0.5) is 0 Å². The second-order valence-corrected chi connectivity index (χ2v) is 6.78. The van der Waals surface area contributed by atoms with E-state index >= 15 is 0 Å². The van der Waals surface area contributed by atoms with Gasteiger partial charge in [-0.1, -0.05) is 48.5 Å². The van der Waals surface area contributed by atoms with Gasteiger partial charge >= 0.3 is 0 Å². The van der Waals surface area contributed by atoms with Gasteiger partial charge in [0.25, 0.3) is 0 Å². The first-order chi connectivity index (χ1) is 12.0. The third-order valence-electron chi connectivity index (χ3n) is 4.17. The number of ether oxygens (including phenoxy) is 1. The zero-order valence-corrected chi connectivity index (χ0v) is 15.6. The molecule has 3 nitrogen and oxygen atoms in total. The van der Waals surface area contributed by atoms with Gasteiger partial charge in [-0.05, 0) is 56.3 Å². The van der Waals surface area contributed by atoms with E-state index in [9.17, 15) is 5.11 Å². The maximum Gasteiger partial charge on any atom is 0.119 e. The molecule has 0 aliphatic carbocycles. The van der Waals surface area contributed by atoms with Gasteiger partial charge in [0, 0.05) is 12.5 Å². The Morgan fingerprint density at radius 1 is 1.12 bits per heavy atom. The number of benzene rings is 2. The van der Waals surface area contributed by atoms with Gasteiger partial charge in [-0.15, -0.1) is 0 Å². The Balaban J connectivity index is 2.47. The fourth-order valence-electron chi connectivity index (χ4n) is 3.09. The predicted molar refractivity (Wildman–Crippen MR) is 105 cm³/mol. The fourth-order valence-corrected chi connectivity index (χ4v) is 3.09. The van der Waals surface area contributed by atoms with Crippen LogP contribution >= 0.6 is 0 Å². The summed E-state index contributed by atoms with van der Waals surface area (Å²) >= 11 is 0. The zero-order valence-electron chi connectivity index (χ0n) is 15.6. The van der Waals surface area contributed by atoms with Gasteiger partial charge in [-0.3, -0.25) is 0 Å². The molecule has 0 bridgehead atoms. The molecule has 0 aliphatic heterocycles. The van der Waals surface area contributed by atoms with Crippen molar-refractivity contribution < 1.29 is 9.84 Å². The number of aliphatic hydroxyl groups is 1. The van der Waals surface area contributed by atoms with Crippen LogP contribution in [0.25, 0.3) is 6.08 Å². The molecule has 2 rings (SSSR count). The SMILES string of the molecule is COc1cccc([C@H](C[C@H](C)O)/C(=C/c2ccccc2)CN(C)C)c1. The number of hydrogen-bond acceptors (Lipinski definition) is 3. The topological polar surface area (TPSA) is 32.7 Å². The third-order valence-corrected chi connectivity index (χ3v) is 4.17. The summed E-state index contributed by atoms with van der Waals surface area (Å²) in [6.45, 7) is 2.69. The molecule has 0 amide bonds. The number of methoxy groups -OCH3 is 1. The Bertz CT molecular complexity index is 677. The molecular formula is C22H29NO2. The summed E-state index contributed by atoms with van der Waals surface area (Å²) in [7, 11) is 5.83. The number of hydrogen-bond donors (Lipinski definition) is 1. The van der Waals surface area contributed by atoms with Crippen LogP contribution in [0.3, 0.4) is 0 Å². The average Bonchev–Trinajstić information content (AvgIpc) is 2.59. The van der Waals surface area contributed by atoms with Crippen LogP contribution in [0.2, 0.25) is 0 Å². The number of nitrogens with zero attached hydrogens (tertiary/aromatic N) is 1. The third kappa shape index (κ3) is 6.04. The van der Waals surface area contributed by atoms with Gasteiger partial charge in [0.1, 0.15) is 5.75 Å². The number of rotatable bonds is 8. The summed E-state index contributed by atoms with van der Waals surface area (Å²) < 4.78 is 5.40. The maximum atomic E-state index is 10.1. The minimum atomic E-state index is -0.377. The van der Waals surface area contributed by atoms with Gasteiger partial charge in [-0.2, -0.15) is 0 Å². The molecule has 0 aliphatic rings. The van der Waals surface area contributed by atoms with Crippen LogP contribution in [-0.4, -0.2) is 43.9 Å². The van der Waals surface area contributed by atoms with Gasteiger partial charge in [0.2, 0.25) is 0 Å².